The van der Waals surface area contributed by atoms with Crippen LogP contribution in [0.25, 0.3) is 0 Å². The Kier molecular flexibility index (Phi) is 8.20. The third-order valence-corrected chi connectivity index (χ3v) is 2.94. The second-order valence-electron chi connectivity index (χ2n) is 4.78. The van der Waals surface area contributed by atoms with Gasteiger partial charge in [0.1, 0.15) is 0 Å². The first-order valence-electron chi connectivity index (χ1n) is 6.04. The van der Waals surface area contributed by atoms with Crippen LogP contribution in [0.2, 0.25) is 0 Å². The SMILES string of the molecule is CCCCC(N)CNCC(C)C(C)C. The number of unbranched alkanes of at least 4 members (excludes halogenated alkanes) is 1. The minimum Gasteiger partial charge on any atom is -0.327 e. The zero-order valence-electron chi connectivity index (χ0n) is 10.3. The lowest BCUT2D eigenvalue weighted by Crippen LogP contribution is -2.36. The summed E-state index contributed by atoms with van der Waals surface area (Å²) in [6.45, 7) is 11.1. The zero-order valence-corrected chi connectivity index (χ0v) is 10.3. The molecular weight excluding hydrogens is 172 g/mol. The predicted molar refractivity (Wildman–Crippen MR) is 64.4 cm³/mol. The van der Waals surface area contributed by atoms with Crippen molar-refractivity contribution in [3.05, 3.63) is 0 Å². The van der Waals surface area contributed by atoms with Crippen molar-refractivity contribution >= 4 is 0 Å². The minimum absolute atomic E-state index is 0.342. The molecule has 0 aliphatic rings. The molecule has 0 heterocycles. The van der Waals surface area contributed by atoms with E-state index in [-0.39, 0.29) is 0 Å². The summed E-state index contributed by atoms with van der Waals surface area (Å²) in [5, 5.41) is 3.45. The summed E-state index contributed by atoms with van der Waals surface area (Å²) in [5.74, 6) is 1.50. The third-order valence-electron chi connectivity index (χ3n) is 2.94. The van der Waals surface area contributed by atoms with Gasteiger partial charge in [0.2, 0.25) is 0 Å². The molecule has 0 saturated heterocycles. The molecule has 0 aromatic rings. The third kappa shape index (κ3) is 7.34. The molecule has 2 atom stereocenters. The van der Waals surface area contributed by atoms with Gasteiger partial charge in [-0.1, -0.05) is 40.5 Å². The zero-order chi connectivity index (χ0) is 11.0. The maximum Gasteiger partial charge on any atom is 0.0165 e. The van der Waals surface area contributed by atoms with E-state index in [0.717, 1.165) is 31.3 Å². The molecule has 0 rings (SSSR count). The van der Waals surface area contributed by atoms with Crippen LogP contribution in [0.5, 0.6) is 0 Å². The Balaban J connectivity index is 3.34. The molecule has 0 aromatic heterocycles. The van der Waals surface area contributed by atoms with Crippen molar-refractivity contribution in [2.45, 2.75) is 53.0 Å². The van der Waals surface area contributed by atoms with Crippen molar-refractivity contribution in [3.63, 3.8) is 0 Å². The van der Waals surface area contributed by atoms with Crippen LogP contribution in [0.3, 0.4) is 0 Å². The largest absolute Gasteiger partial charge is 0.327 e. The maximum atomic E-state index is 5.96. The van der Waals surface area contributed by atoms with Gasteiger partial charge in [-0.3, -0.25) is 0 Å². The molecular formula is C12H28N2. The number of hydrogen-bond acceptors (Lipinski definition) is 2. The standard InChI is InChI=1S/C12H28N2/c1-5-6-7-12(13)9-14-8-11(4)10(2)3/h10-12,14H,5-9,13H2,1-4H3. The molecule has 0 bridgehead atoms. The van der Waals surface area contributed by atoms with Crippen LogP contribution < -0.4 is 11.1 Å². The highest BCUT2D eigenvalue weighted by atomic mass is 14.9. The fourth-order valence-electron chi connectivity index (χ4n) is 1.30. The van der Waals surface area contributed by atoms with Crippen LogP contribution in [-0.4, -0.2) is 19.1 Å². The predicted octanol–water partition coefficient (Wildman–Crippen LogP) is 2.39. The molecule has 2 heteroatoms. The van der Waals surface area contributed by atoms with E-state index < -0.39 is 0 Å². The van der Waals surface area contributed by atoms with E-state index in [2.05, 4.69) is 33.0 Å². The first-order valence-corrected chi connectivity index (χ1v) is 6.04. The Bertz CT molecular complexity index is 123. The molecule has 0 radical (unpaired) electrons. The van der Waals surface area contributed by atoms with E-state index in [9.17, 15) is 0 Å². The van der Waals surface area contributed by atoms with Crippen molar-refractivity contribution in [2.24, 2.45) is 17.6 Å². The first-order chi connectivity index (χ1) is 6.57. The number of rotatable bonds is 8. The van der Waals surface area contributed by atoms with Gasteiger partial charge in [0.15, 0.2) is 0 Å². The van der Waals surface area contributed by atoms with Gasteiger partial charge in [0, 0.05) is 12.6 Å². The molecule has 0 fully saturated rings. The van der Waals surface area contributed by atoms with Crippen molar-refractivity contribution in [3.8, 4) is 0 Å². The summed E-state index contributed by atoms with van der Waals surface area (Å²) < 4.78 is 0. The van der Waals surface area contributed by atoms with Gasteiger partial charge in [-0.15, -0.1) is 0 Å². The van der Waals surface area contributed by atoms with E-state index in [0.29, 0.717) is 6.04 Å². The molecule has 0 saturated carbocycles. The minimum atomic E-state index is 0.342. The highest BCUT2D eigenvalue weighted by molar-refractivity contribution is 4.67. The van der Waals surface area contributed by atoms with Crippen molar-refractivity contribution < 1.29 is 0 Å². The average Bonchev–Trinajstić information content (AvgIpc) is 2.14. The number of nitrogens with two attached hydrogens (primary N) is 1. The average molecular weight is 200 g/mol. The molecule has 2 nitrogen and oxygen atoms in total. The Morgan fingerprint density at radius 1 is 1.14 bits per heavy atom. The fourth-order valence-corrected chi connectivity index (χ4v) is 1.30. The Labute approximate surface area is 89.6 Å². The molecule has 0 aliphatic heterocycles. The topological polar surface area (TPSA) is 38.0 Å². The molecule has 0 aliphatic carbocycles. The number of hydrogen-bond donors (Lipinski definition) is 2. The smallest absolute Gasteiger partial charge is 0.0165 e. The van der Waals surface area contributed by atoms with Crippen LogP contribution in [0.4, 0.5) is 0 Å². The fraction of sp³-hybridized carbons (Fsp3) is 1.00. The summed E-state index contributed by atoms with van der Waals surface area (Å²) in [5.41, 5.74) is 5.96. The summed E-state index contributed by atoms with van der Waals surface area (Å²) in [6.07, 6.45) is 3.65. The van der Waals surface area contributed by atoms with Gasteiger partial charge >= 0.3 is 0 Å². The molecule has 2 unspecified atom stereocenters. The van der Waals surface area contributed by atoms with Crippen LogP contribution in [0.1, 0.15) is 47.0 Å². The quantitative estimate of drug-likeness (QED) is 0.631. The van der Waals surface area contributed by atoms with E-state index in [1.807, 2.05) is 0 Å². The van der Waals surface area contributed by atoms with Crippen LogP contribution in [0, 0.1) is 11.8 Å². The molecule has 3 N–H and O–H groups in total. The highest BCUT2D eigenvalue weighted by Crippen LogP contribution is 2.07. The van der Waals surface area contributed by atoms with Crippen molar-refractivity contribution in [2.75, 3.05) is 13.1 Å². The van der Waals surface area contributed by atoms with Crippen molar-refractivity contribution in [1.29, 1.82) is 0 Å². The van der Waals surface area contributed by atoms with Crippen molar-refractivity contribution in [1.82, 2.24) is 5.32 Å². The lowest BCUT2D eigenvalue weighted by atomic mass is 9.98. The summed E-state index contributed by atoms with van der Waals surface area (Å²) >= 11 is 0. The van der Waals surface area contributed by atoms with Crippen LogP contribution in [0.15, 0.2) is 0 Å². The summed E-state index contributed by atoms with van der Waals surface area (Å²) in [4.78, 5) is 0. The Morgan fingerprint density at radius 3 is 2.29 bits per heavy atom. The van der Waals surface area contributed by atoms with Gasteiger partial charge in [0.25, 0.3) is 0 Å². The van der Waals surface area contributed by atoms with E-state index in [1.54, 1.807) is 0 Å². The van der Waals surface area contributed by atoms with Gasteiger partial charge in [0.05, 0.1) is 0 Å². The monoisotopic (exact) mass is 200 g/mol. The normalized spacial score (nSPS) is 15.9. The molecule has 86 valence electrons. The Hall–Kier alpha value is -0.0800. The summed E-state index contributed by atoms with van der Waals surface area (Å²) in [7, 11) is 0. The number of nitrogens with one attached hydrogen (secondary N) is 1. The molecule has 14 heavy (non-hydrogen) atoms. The lowest BCUT2D eigenvalue weighted by molar-refractivity contribution is 0.383. The van der Waals surface area contributed by atoms with E-state index in [4.69, 9.17) is 5.73 Å². The Morgan fingerprint density at radius 2 is 1.79 bits per heavy atom. The van der Waals surface area contributed by atoms with Crippen LogP contribution in [-0.2, 0) is 0 Å². The van der Waals surface area contributed by atoms with Gasteiger partial charge in [-0.2, -0.15) is 0 Å². The summed E-state index contributed by atoms with van der Waals surface area (Å²) in [6, 6.07) is 0.342. The second kappa shape index (κ2) is 8.25. The molecule has 0 aromatic carbocycles. The maximum absolute atomic E-state index is 5.96. The van der Waals surface area contributed by atoms with Crippen LogP contribution >= 0.6 is 0 Å². The molecule has 0 spiro atoms. The van der Waals surface area contributed by atoms with E-state index in [1.165, 1.54) is 12.8 Å². The van der Waals surface area contributed by atoms with E-state index >= 15 is 0 Å². The van der Waals surface area contributed by atoms with Gasteiger partial charge < -0.3 is 11.1 Å². The highest BCUT2D eigenvalue weighted by Gasteiger charge is 2.07. The second-order valence-corrected chi connectivity index (χ2v) is 4.78. The lowest BCUT2D eigenvalue weighted by Gasteiger charge is -2.18. The van der Waals surface area contributed by atoms with Gasteiger partial charge in [-0.05, 0) is 24.8 Å². The molecule has 0 amide bonds. The first kappa shape index (κ1) is 13.9. The van der Waals surface area contributed by atoms with Gasteiger partial charge in [-0.25, -0.2) is 0 Å².